The van der Waals surface area contributed by atoms with E-state index >= 15 is 0 Å². The van der Waals surface area contributed by atoms with Gasteiger partial charge in [-0.05, 0) is 83.9 Å². The van der Waals surface area contributed by atoms with Gasteiger partial charge in [-0.1, -0.05) is 24.3 Å². The molecular formula is C39H54F2N8O2. The Kier molecular flexibility index (Phi) is 12.6. The molecule has 0 radical (unpaired) electrons. The van der Waals surface area contributed by atoms with E-state index in [-0.39, 0.29) is 35.9 Å². The zero-order valence-electron chi connectivity index (χ0n) is 31.1. The van der Waals surface area contributed by atoms with Crippen LogP contribution in [0, 0.1) is 11.6 Å². The first kappa shape index (κ1) is 38.1. The van der Waals surface area contributed by atoms with Gasteiger partial charge in [-0.3, -0.25) is 9.80 Å². The van der Waals surface area contributed by atoms with Crippen LogP contribution in [0.4, 0.5) is 13.6 Å². The molecule has 4 heterocycles. The third kappa shape index (κ3) is 9.81. The van der Waals surface area contributed by atoms with Gasteiger partial charge in [-0.25, -0.2) is 23.5 Å². The highest BCUT2D eigenvalue weighted by Gasteiger charge is 2.30. The van der Waals surface area contributed by atoms with Crippen molar-refractivity contribution < 1.29 is 18.3 Å². The molecule has 2 aromatic carbocycles. The molecule has 0 bridgehead atoms. The molecule has 2 aliphatic heterocycles. The summed E-state index contributed by atoms with van der Waals surface area (Å²) in [5, 5.41) is 3.38. The van der Waals surface area contributed by atoms with Gasteiger partial charge in [-0.15, -0.1) is 0 Å². The Balaban J connectivity index is 0.000000205. The van der Waals surface area contributed by atoms with Crippen molar-refractivity contribution in [1.82, 2.24) is 39.1 Å². The number of hydrogen-bond donors (Lipinski definition) is 1. The zero-order valence-corrected chi connectivity index (χ0v) is 31.1. The van der Waals surface area contributed by atoms with E-state index in [4.69, 9.17) is 4.74 Å². The Labute approximate surface area is 301 Å². The summed E-state index contributed by atoms with van der Waals surface area (Å²) in [5.41, 5.74) is 3.96. The SMILES string of the molecule is CC(c1cncn1[C@H](C)c1ccc(F)cc1)N1CCN(C(=O)OC(C)(C)C)CC1.CC(c1cncn1[C@H](C)c1ccc(F)cc1)N1CCNCC1. The smallest absolute Gasteiger partial charge is 0.410 e. The van der Waals surface area contributed by atoms with Gasteiger partial charge < -0.3 is 24.1 Å². The summed E-state index contributed by atoms with van der Waals surface area (Å²) in [6.07, 6.45) is 7.30. The minimum atomic E-state index is -0.482. The first-order chi connectivity index (χ1) is 24.3. The zero-order chi connectivity index (χ0) is 36.7. The van der Waals surface area contributed by atoms with Crippen LogP contribution in [-0.4, -0.2) is 97.9 Å². The molecule has 1 amide bonds. The standard InChI is InChI=1S/C22H31FN4O2.C17H23FN4/c1-16(18-6-8-19(23)9-7-18)27-15-24-14-20(27)17(2)25-10-12-26(13-11-25)21(28)29-22(3,4)5;1-13(15-3-5-16(18)6-4-15)22-12-20-11-17(22)14(2)21-9-7-19-8-10-21/h6-9,14-17H,10-13H2,1-5H3;3-6,11-14,19H,7-10H2,1-2H3/t16-,17?;13-,14?/m11/s1. The van der Waals surface area contributed by atoms with E-state index in [0.717, 1.165) is 56.1 Å². The summed E-state index contributed by atoms with van der Waals surface area (Å²) in [6.45, 7) is 21.3. The number of nitrogens with zero attached hydrogens (tertiary/aromatic N) is 7. The van der Waals surface area contributed by atoms with E-state index < -0.39 is 5.60 Å². The number of carbonyl (C=O) groups excluding carboxylic acids is 1. The van der Waals surface area contributed by atoms with Gasteiger partial charge >= 0.3 is 6.09 Å². The van der Waals surface area contributed by atoms with Crippen LogP contribution in [-0.2, 0) is 4.74 Å². The first-order valence-corrected chi connectivity index (χ1v) is 18.0. The summed E-state index contributed by atoms with van der Waals surface area (Å²) >= 11 is 0. The van der Waals surface area contributed by atoms with Crippen molar-refractivity contribution in [3.8, 4) is 0 Å². The monoisotopic (exact) mass is 704 g/mol. The maximum atomic E-state index is 13.3. The second-order valence-corrected chi connectivity index (χ2v) is 14.5. The maximum Gasteiger partial charge on any atom is 0.410 e. The third-order valence-corrected chi connectivity index (χ3v) is 10.0. The van der Waals surface area contributed by atoms with Crippen LogP contribution in [0.15, 0.2) is 73.6 Å². The molecule has 2 fully saturated rings. The van der Waals surface area contributed by atoms with Crippen LogP contribution < -0.4 is 5.32 Å². The van der Waals surface area contributed by atoms with Crippen LogP contribution in [0.5, 0.6) is 0 Å². The lowest BCUT2D eigenvalue weighted by molar-refractivity contribution is 0.0107. The third-order valence-electron chi connectivity index (χ3n) is 10.0. The maximum absolute atomic E-state index is 13.3. The number of hydrogen-bond acceptors (Lipinski definition) is 7. The lowest BCUT2D eigenvalue weighted by atomic mass is 10.1. The Morgan fingerprint density at radius 3 is 1.49 bits per heavy atom. The van der Waals surface area contributed by atoms with E-state index in [1.54, 1.807) is 4.90 Å². The molecule has 0 aliphatic carbocycles. The van der Waals surface area contributed by atoms with Crippen molar-refractivity contribution in [3.63, 3.8) is 0 Å². The fraction of sp³-hybridized carbons (Fsp3) is 0.513. The normalized spacial score (nSPS) is 18.3. The molecule has 0 saturated carbocycles. The van der Waals surface area contributed by atoms with E-state index in [9.17, 15) is 13.6 Å². The molecule has 2 aromatic heterocycles. The summed E-state index contributed by atoms with van der Waals surface area (Å²) < 4.78 is 36.2. The number of aromatic nitrogens is 4. The topological polar surface area (TPSA) is 83.7 Å². The second kappa shape index (κ2) is 16.9. The molecule has 1 N–H and O–H groups in total. The molecule has 2 aliphatic rings. The van der Waals surface area contributed by atoms with Gasteiger partial charge in [0.25, 0.3) is 0 Å². The minimum absolute atomic E-state index is 0.0543. The molecule has 0 spiro atoms. The lowest BCUT2D eigenvalue weighted by Gasteiger charge is -2.38. The molecule has 10 nitrogen and oxygen atoms in total. The number of ether oxygens (including phenoxy) is 1. The molecule has 2 unspecified atom stereocenters. The number of amides is 1. The molecule has 4 atom stereocenters. The van der Waals surface area contributed by atoms with Gasteiger partial charge in [0, 0.05) is 76.8 Å². The fourth-order valence-corrected chi connectivity index (χ4v) is 6.79. The Hall–Kier alpha value is -4.13. The van der Waals surface area contributed by atoms with Crippen LogP contribution in [0.3, 0.4) is 0 Å². The predicted molar refractivity (Wildman–Crippen MR) is 196 cm³/mol. The van der Waals surface area contributed by atoms with Crippen molar-refractivity contribution in [2.24, 2.45) is 0 Å². The average molecular weight is 705 g/mol. The molecule has 4 aromatic rings. The van der Waals surface area contributed by atoms with Crippen molar-refractivity contribution in [2.45, 2.75) is 78.2 Å². The number of nitrogens with one attached hydrogen (secondary N) is 1. The van der Waals surface area contributed by atoms with Gasteiger partial charge in [0.1, 0.15) is 17.2 Å². The molecule has 12 heteroatoms. The predicted octanol–water partition coefficient (Wildman–Crippen LogP) is 6.84. The number of carbonyl (C=O) groups is 1. The van der Waals surface area contributed by atoms with E-state index in [0.29, 0.717) is 19.1 Å². The second-order valence-electron chi connectivity index (χ2n) is 14.5. The van der Waals surface area contributed by atoms with E-state index in [1.165, 1.54) is 30.0 Å². The van der Waals surface area contributed by atoms with E-state index in [2.05, 4.69) is 61.9 Å². The summed E-state index contributed by atoms with van der Waals surface area (Å²) in [7, 11) is 0. The quantitative estimate of drug-likeness (QED) is 0.215. The Bertz CT molecular complexity index is 1670. The van der Waals surface area contributed by atoms with Gasteiger partial charge in [0.05, 0.1) is 36.1 Å². The Morgan fingerprint density at radius 1 is 0.667 bits per heavy atom. The number of imidazole rings is 2. The minimum Gasteiger partial charge on any atom is -0.444 e. The highest BCUT2D eigenvalue weighted by atomic mass is 19.1. The molecule has 6 rings (SSSR count). The van der Waals surface area contributed by atoms with Crippen LogP contribution >= 0.6 is 0 Å². The van der Waals surface area contributed by atoms with Crippen molar-refractivity contribution in [1.29, 1.82) is 0 Å². The first-order valence-electron chi connectivity index (χ1n) is 18.0. The van der Waals surface area contributed by atoms with E-state index in [1.807, 2.05) is 70.1 Å². The highest BCUT2D eigenvalue weighted by Crippen LogP contribution is 2.28. The number of benzene rings is 2. The van der Waals surface area contributed by atoms with Gasteiger partial charge in [0.2, 0.25) is 0 Å². The van der Waals surface area contributed by atoms with Crippen LogP contribution in [0.1, 0.15) is 95.1 Å². The van der Waals surface area contributed by atoms with Crippen molar-refractivity contribution in [3.05, 3.63) is 108 Å². The summed E-state index contributed by atoms with van der Waals surface area (Å²) in [4.78, 5) is 27.6. The van der Waals surface area contributed by atoms with Crippen molar-refractivity contribution in [2.75, 3.05) is 52.4 Å². The largest absolute Gasteiger partial charge is 0.444 e. The lowest BCUT2D eigenvalue weighted by Crippen LogP contribution is -2.50. The Morgan fingerprint density at radius 2 is 1.08 bits per heavy atom. The average Bonchev–Trinajstić information content (AvgIpc) is 3.82. The van der Waals surface area contributed by atoms with Crippen LogP contribution in [0.25, 0.3) is 0 Å². The highest BCUT2D eigenvalue weighted by molar-refractivity contribution is 5.68. The fourth-order valence-electron chi connectivity index (χ4n) is 6.79. The number of piperazine rings is 2. The molecule has 51 heavy (non-hydrogen) atoms. The number of rotatable bonds is 8. The summed E-state index contributed by atoms with van der Waals surface area (Å²) in [5.74, 6) is -0.431. The van der Waals surface area contributed by atoms with Gasteiger partial charge in [0.15, 0.2) is 0 Å². The van der Waals surface area contributed by atoms with Crippen LogP contribution in [0.2, 0.25) is 0 Å². The molecule has 276 valence electrons. The van der Waals surface area contributed by atoms with Crippen molar-refractivity contribution >= 4 is 6.09 Å². The molecule has 2 saturated heterocycles. The number of halogens is 2. The molecular weight excluding hydrogens is 650 g/mol. The van der Waals surface area contributed by atoms with Gasteiger partial charge in [-0.2, -0.15) is 0 Å². The summed E-state index contributed by atoms with van der Waals surface area (Å²) in [6, 6.07) is 14.0.